The van der Waals surface area contributed by atoms with E-state index in [-0.39, 0.29) is 17.9 Å². The van der Waals surface area contributed by atoms with Crippen LogP contribution in [0.4, 0.5) is 0 Å². The summed E-state index contributed by atoms with van der Waals surface area (Å²) in [7, 11) is 0. The first-order chi connectivity index (χ1) is 6.63. The highest BCUT2D eigenvalue weighted by Crippen LogP contribution is 2.08. The zero-order valence-electron chi connectivity index (χ0n) is 8.71. The van der Waals surface area contributed by atoms with Gasteiger partial charge >= 0.3 is 0 Å². The van der Waals surface area contributed by atoms with Gasteiger partial charge in [-0.15, -0.1) is 0 Å². The van der Waals surface area contributed by atoms with Gasteiger partial charge in [0, 0.05) is 19.5 Å². The van der Waals surface area contributed by atoms with Crippen LogP contribution in [0.5, 0.6) is 0 Å². The van der Waals surface area contributed by atoms with Crippen molar-refractivity contribution in [3.63, 3.8) is 0 Å². The third kappa shape index (κ3) is 3.00. The number of nitriles is 1. The first kappa shape index (κ1) is 11.0. The molecular formula is C10H17N3O. The summed E-state index contributed by atoms with van der Waals surface area (Å²) < 4.78 is 0. The van der Waals surface area contributed by atoms with E-state index in [0.717, 1.165) is 0 Å². The van der Waals surface area contributed by atoms with Crippen LogP contribution in [0, 0.1) is 23.2 Å². The minimum absolute atomic E-state index is 0.00810. The van der Waals surface area contributed by atoms with Crippen molar-refractivity contribution < 1.29 is 4.79 Å². The highest BCUT2D eigenvalue weighted by Gasteiger charge is 2.27. The Labute approximate surface area is 84.7 Å². The normalized spacial score (nSPS) is 26.1. The van der Waals surface area contributed by atoms with Crippen LogP contribution < -0.4 is 10.6 Å². The molecular weight excluding hydrogens is 178 g/mol. The van der Waals surface area contributed by atoms with E-state index in [0.29, 0.717) is 25.4 Å². The number of rotatable bonds is 3. The fraction of sp³-hybridized carbons (Fsp3) is 0.800. The fourth-order valence-electron chi connectivity index (χ4n) is 1.60. The average Bonchev–Trinajstić information content (AvgIpc) is 2.50. The lowest BCUT2D eigenvalue weighted by molar-refractivity contribution is -0.122. The van der Waals surface area contributed by atoms with Gasteiger partial charge < -0.3 is 10.6 Å². The predicted molar refractivity (Wildman–Crippen MR) is 53.4 cm³/mol. The van der Waals surface area contributed by atoms with Crippen molar-refractivity contribution in [3.05, 3.63) is 0 Å². The first-order valence-electron chi connectivity index (χ1n) is 5.03. The van der Waals surface area contributed by atoms with Gasteiger partial charge in [-0.3, -0.25) is 4.79 Å². The molecule has 0 radical (unpaired) electrons. The molecule has 2 N–H and O–H groups in total. The Hall–Kier alpha value is -1.08. The first-order valence-corrected chi connectivity index (χ1v) is 5.03. The van der Waals surface area contributed by atoms with E-state index in [1.165, 1.54) is 0 Å². The zero-order chi connectivity index (χ0) is 10.6. The Morgan fingerprint density at radius 3 is 2.93 bits per heavy atom. The van der Waals surface area contributed by atoms with E-state index in [4.69, 9.17) is 5.26 Å². The third-order valence-electron chi connectivity index (χ3n) is 2.32. The SMILES string of the molecule is CC(C)CC(=O)NC1CNCC1C#N. The topological polar surface area (TPSA) is 64.9 Å². The molecule has 1 rings (SSSR count). The van der Waals surface area contributed by atoms with Gasteiger partial charge in [0.15, 0.2) is 0 Å². The van der Waals surface area contributed by atoms with Crippen LogP contribution in [-0.4, -0.2) is 25.0 Å². The van der Waals surface area contributed by atoms with Gasteiger partial charge in [0.2, 0.25) is 5.91 Å². The van der Waals surface area contributed by atoms with Crippen molar-refractivity contribution in [1.82, 2.24) is 10.6 Å². The number of carbonyl (C=O) groups excluding carboxylic acids is 1. The van der Waals surface area contributed by atoms with Crippen LogP contribution in [-0.2, 0) is 4.79 Å². The second kappa shape index (κ2) is 4.97. The van der Waals surface area contributed by atoms with Gasteiger partial charge in [-0.05, 0) is 5.92 Å². The molecule has 1 saturated heterocycles. The Morgan fingerprint density at radius 1 is 1.64 bits per heavy atom. The van der Waals surface area contributed by atoms with Gasteiger partial charge in [-0.25, -0.2) is 0 Å². The van der Waals surface area contributed by atoms with Crippen LogP contribution in [0.15, 0.2) is 0 Å². The molecule has 4 nitrogen and oxygen atoms in total. The molecule has 4 heteroatoms. The van der Waals surface area contributed by atoms with Gasteiger partial charge in [0.05, 0.1) is 18.0 Å². The van der Waals surface area contributed by atoms with Gasteiger partial charge in [-0.1, -0.05) is 13.8 Å². The standard InChI is InChI=1S/C10H17N3O/c1-7(2)3-10(14)13-9-6-12-5-8(9)4-11/h7-9,12H,3,5-6H2,1-2H3,(H,13,14). The molecule has 1 aliphatic heterocycles. The van der Waals surface area contributed by atoms with Crippen molar-refractivity contribution in [2.45, 2.75) is 26.3 Å². The molecule has 0 saturated carbocycles. The van der Waals surface area contributed by atoms with E-state index >= 15 is 0 Å². The maximum absolute atomic E-state index is 11.4. The molecule has 0 aromatic rings. The number of nitrogens with zero attached hydrogens (tertiary/aromatic N) is 1. The summed E-state index contributed by atoms with van der Waals surface area (Å²) >= 11 is 0. The maximum Gasteiger partial charge on any atom is 0.220 e. The highest BCUT2D eigenvalue weighted by molar-refractivity contribution is 5.76. The van der Waals surface area contributed by atoms with Crippen molar-refractivity contribution in [1.29, 1.82) is 5.26 Å². The van der Waals surface area contributed by atoms with Crippen LogP contribution in [0.1, 0.15) is 20.3 Å². The zero-order valence-corrected chi connectivity index (χ0v) is 8.71. The van der Waals surface area contributed by atoms with Gasteiger partial charge in [-0.2, -0.15) is 5.26 Å². The Balaban J connectivity index is 2.37. The predicted octanol–water partition coefficient (Wildman–Crippen LogP) is 0.260. The van der Waals surface area contributed by atoms with Crippen LogP contribution in [0.25, 0.3) is 0 Å². The second-order valence-corrected chi connectivity index (χ2v) is 4.17. The second-order valence-electron chi connectivity index (χ2n) is 4.17. The molecule has 0 aromatic carbocycles. The quantitative estimate of drug-likeness (QED) is 0.679. The molecule has 2 atom stereocenters. The van der Waals surface area contributed by atoms with E-state index in [2.05, 4.69) is 16.7 Å². The summed E-state index contributed by atoms with van der Waals surface area (Å²) in [6, 6.07) is 2.19. The number of carbonyl (C=O) groups is 1. The monoisotopic (exact) mass is 195 g/mol. The molecule has 1 aliphatic rings. The van der Waals surface area contributed by atoms with Crippen molar-refractivity contribution in [3.8, 4) is 6.07 Å². The van der Waals surface area contributed by atoms with Crippen LogP contribution in [0.2, 0.25) is 0 Å². The molecule has 0 aliphatic carbocycles. The summed E-state index contributed by atoms with van der Waals surface area (Å²) in [6.45, 7) is 5.41. The van der Waals surface area contributed by atoms with Crippen molar-refractivity contribution in [2.24, 2.45) is 11.8 Å². The van der Waals surface area contributed by atoms with E-state index < -0.39 is 0 Å². The lowest BCUT2D eigenvalue weighted by Gasteiger charge is -2.15. The molecule has 14 heavy (non-hydrogen) atoms. The Morgan fingerprint density at radius 2 is 2.36 bits per heavy atom. The molecule has 2 unspecified atom stereocenters. The van der Waals surface area contributed by atoms with Crippen molar-refractivity contribution in [2.75, 3.05) is 13.1 Å². The highest BCUT2D eigenvalue weighted by atomic mass is 16.1. The summed E-state index contributed by atoms with van der Waals surface area (Å²) in [6.07, 6.45) is 0.536. The fourth-order valence-corrected chi connectivity index (χ4v) is 1.60. The summed E-state index contributed by atoms with van der Waals surface area (Å²) in [5, 5.41) is 14.8. The molecule has 0 spiro atoms. The molecule has 1 heterocycles. The lowest BCUT2D eigenvalue weighted by atomic mass is 10.0. The molecule has 1 amide bonds. The smallest absolute Gasteiger partial charge is 0.220 e. The number of hydrogen-bond acceptors (Lipinski definition) is 3. The number of amides is 1. The minimum Gasteiger partial charge on any atom is -0.351 e. The molecule has 78 valence electrons. The summed E-state index contributed by atoms with van der Waals surface area (Å²) in [5.41, 5.74) is 0. The average molecular weight is 195 g/mol. The molecule has 0 bridgehead atoms. The molecule has 1 fully saturated rings. The summed E-state index contributed by atoms with van der Waals surface area (Å²) in [5.74, 6) is 0.338. The van der Waals surface area contributed by atoms with E-state index in [9.17, 15) is 4.79 Å². The third-order valence-corrected chi connectivity index (χ3v) is 2.32. The van der Waals surface area contributed by atoms with E-state index in [1.807, 2.05) is 13.8 Å². The summed E-state index contributed by atoms with van der Waals surface area (Å²) in [4.78, 5) is 11.4. The molecule has 0 aromatic heterocycles. The largest absolute Gasteiger partial charge is 0.351 e. The number of hydrogen-bond donors (Lipinski definition) is 2. The van der Waals surface area contributed by atoms with Gasteiger partial charge in [0.1, 0.15) is 0 Å². The van der Waals surface area contributed by atoms with Crippen LogP contribution in [0.3, 0.4) is 0 Å². The Kier molecular flexibility index (Phi) is 3.90. The van der Waals surface area contributed by atoms with E-state index in [1.54, 1.807) is 0 Å². The Bertz CT molecular complexity index is 244. The van der Waals surface area contributed by atoms with Crippen molar-refractivity contribution >= 4 is 5.91 Å². The minimum atomic E-state index is -0.0777. The van der Waals surface area contributed by atoms with Crippen LogP contribution >= 0.6 is 0 Å². The lowest BCUT2D eigenvalue weighted by Crippen LogP contribution is -2.40. The maximum atomic E-state index is 11.4. The van der Waals surface area contributed by atoms with Gasteiger partial charge in [0.25, 0.3) is 0 Å². The number of nitrogens with one attached hydrogen (secondary N) is 2.